The SMILES string of the molecule is COc1cccc2c(=O)c3cccc(C)c3n(C)c12. The molecule has 0 saturated heterocycles. The molecule has 0 N–H and O–H groups in total. The Labute approximate surface area is 111 Å². The van der Waals surface area contributed by atoms with Crippen molar-refractivity contribution >= 4 is 21.8 Å². The van der Waals surface area contributed by atoms with Gasteiger partial charge in [-0.05, 0) is 30.7 Å². The highest BCUT2D eigenvalue weighted by molar-refractivity contribution is 5.97. The molecular weight excluding hydrogens is 238 g/mol. The second-order valence-electron chi connectivity index (χ2n) is 4.72. The predicted octanol–water partition coefficient (Wildman–Crippen LogP) is 3.01. The van der Waals surface area contributed by atoms with E-state index in [4.69, 9.17) is 4.74 Å². The summed E-state index contributed by atoms with van der Waals surface area (Å²) in [5, 5.41) is 1.45. The van der Waals surface area contributed by atoms with Gasteiger partial charge in [-0.1, -0.05) is 18.2 Å². The molecular formula is C16H15NO2. The van der Waals surface area contributed by atoms with Gasteiger partial charge in [0.2, 0.25) is 0 Å². The van der Waals surface area contributed by atoms with E-state index >= 15 is 0 Å². The van der Waals surface area contributed by atoms with E-state index in [1.165, 1.54) is 0 Å². The molecule has 0 unspecified atom stereocenters. The van der Waals surface area contributed by atoms with Crippen molar-refractivity contribution in [2.24, 2.45) is 7.05 Å². The van der Waals surface area contributed by atoms with Crippen LogP contribution in [-0.2, 0) is 7.05 Å². The summed E-state index contributed by atoms with van der Waals surface area (Å²) >= 11 is 0. The Balaban J connectivity index is 2.70. The van der Waals surface area contributed by atoms with Gasteiger partial charge in [-0.15, -0.1) is 0 Å². The molecule has 19 heavy (non-hydrogen) atoms. The first-order valence-electron chi connectivity index (χ1n) is 6.20. The van der Waals surface area contributed by atoms with E-state index in [2.05, 4.69) is 0 Å². The van der Waals surface area contributed by atoms with Crippen LogP contribution in [0.15, 0.2) is 41.2 Å². The number of aryl methyl sites for hydroxylation is 2. The monoisotopic (exact) mass is 253 g/mol. The first-order chi connectivity index (χ1) is 9.15. The Morgan fingerprint density at radius 3 is 2.32 bits per heavy atom. The van der Waals surface area contributed by atoms with Gasteiger partial charge in [-0.25, -0.2) is 0 Å². The molecule has 0 amide bonds. The van der Waals surface area contributed by atoms with Crippen LogP contribution in [-0.4, -0.2) is 11.7 Å². The fraction of sp³-hybridized carbons (Fsp3) is 0.188. The molecule has 0 spiro atoms. The Kier molecular flexibility index (Phi) is 2.56. The molecule has 0 aliphatic heterocycles. The third-order valence-corrected chi connectivity index (χ3v) is 3.62. The molecule has 96 valence electrons. The highest BCUT2D eigenvalue weighted by Crippen LogP contribution is 2.27. The molecule has 2 aromatic carbocycles. The van der Waals surface area contributed by atoms with Crippen LogP contribution >= 0.6 is 0 Å². The standard InChI is InChI=1S/C16H15NO2/c1-10-6-4-7-11-14(10)17(2)15-12(16(11)18)8-5-9-13(15)19-3/h4-9H,1-3H3. The molecule has 3 heteroatoms. The third-order valence-electron chi connectivity index (χ3n) is 3.62. The summed E-state index contributed by atoms with van der Waals surface area (Å²) in [5.74, 6) is 0.724. The highest BCUT2D eigenvalue weighted by atomic mass is 16.5. The summed E-state index contributed by atoms with van der Waals surface area (Å²) in [4.78, 5) is 12.6. The summed E-state index contributed by atoms with van der Waals surface area (Å²) < 4.78 is 7.43. The van der Waals surface area contributed by atoms with Crippen LogP contribution in [0.25, 0.3) is 21.8 Å². The number of benzene rings is 2. The minimum atomic E-state index is 0.0608. The maximum absolute atomic E-state index is 12.6. The topological polar surface area (TPSA) is 31.2 Å². The van der Waals surface area contributed by atoms with E-state index < -0.39 is 0 Å². The van der Waals surface area contributed by atoms with Gasteiger partial charge in [0.15, 0.2) is 5.43 Å². The van der Waals surface area contributed by atoms with Gasteiger partial charge in [0.25, 0.3) is 0 Å². The lowest BCUT2D eigenvalue weighted by Crippen LogP contribution is -2.10. The summed E-state index contributed by atoms with van der Waals surface area (Å²) in [6.07, 6.45) is 0. The first kappa shape index (κ1) is 11.8. The van der Waals surface area contributed by atoms with E-state index in [1.54, 1.807) is 7.11 Å². The number of aromatic nitrogens is 1. The zero-order valence-corrected chi connectivity index (χ0v) is 11.2. The number of methoxy groups -OCH3 is 1. The zero-order valence-electron chi connectivity index (χ0n) is 11.2. The van der Waals surface area contributed by atoms with E-state index in [1.807, 2.05) is 54.9 Å². The van der Waals surface area contributed by atoms with Crippen molar-refractivity contribution in [3.63, 3.8) is 0 Å². The lowest BCUT2D eigenvalue weighted by molar-refractivity contribution is 0.418. The maximum Gasteiger partial charge on any atom is 0.197 e. The van der Waals surface area contributed by atoms with E-state index in [-0.39, 0.29) is 5.43 Å². The Morgan fingerprint density at radius 1 is 1.00 bits per heavy atom. The summed E-state index contributed by atoms with van der Waals surface area (Å²) in [5.41, 5.74) is 2.96. The van der Waals surface area contributed by atoms with Crippen LogP contribution in [0.3, 0.4) is 0 Å². The molecule has 3 aromatic rings. The summed E-state index contributed by atoms with van der Waals surface area (Å²) in [7, 11) is 3.60. The normalized spacial score (nSPS) is 11.1. The fourth-order valence-electron chi connectivity index (χ4n) is 2.76. The largest absolute Gasteiger partial charge is 0.495 e. The molecule has 1 heterocycles. The number of nitrogens with zero attached hydrogens (tertiary/aromatic N) is 1. The smallest absolute Gasteiger partial charge is 0.197 e. The van der Waals surface area contributed by atoms with Gasteiger partial charge in [-0.2, -0.15) is 0 Å². The highest BCUT2D eigenvalue weighted by Gasteiger charge is 2.13. The van der Waals surface area contributed by atoms with Gasteiger partial charge in [0.1, 0.15) is 5.75 Å². The van der Waals surface area contributed by atoms with Crippen molar-refractivity contribution in [3.8, 4) is 5.75 Å². The first-order valence-corrected chi connectivity index (χ1v) is 6.20. The van der Waals surface area contributed by atoms with Crippen molar-refractivity contribution in [1.82, 2.24) is 4.57 Å². The van der Waals surface area contributed by atoms with E-state index in [9.17, 15) is 4.79 Å². The van der Waals surface area contributed by atoms with Crippen LogP contribution < -0.4 is 10.2 Å². The molecule has 1 aromatic heterocycles. The molecule has 0 aliphatic carbocycles. The van der Waals surface area contributed by atoms with Crippen LogP contribution in [0.1, 0.15) is 5.56 Å². The molecule has 0 fully saturated rings. The summed E-state index contributed by atoms with van der Waals surface area (Å²) in [6.45, 7) is 2.02. The molecule has 0 radical (unpaired) electrons. The van der Waals surface area contributed by atoms with Crippen LogP contribution in [0.5, 0.6) is 5.75 Å². The average molecular weight is 253 g/mol. The lowest BCUT2D eigenvalue weighted by atomic mass is 10.1. The fourth-order valence-corrected chi connectivity index (χ4v) is 2.76. The van der Waals surface area contributed by atoms with Gasteiger partial charge in [0, 0.05) is 12.4 Å². The van der Waals surface area contributed by atoms with Crippen molar-refractivity contribution in [2.75, 3.05) is 7.11 Å². The van der Waals surface area contributed by atoms with Gasteiger partial charge in [-0.3, -0.25) is 4.79 Å². The van der Waals surface area contributed by atoms with Crippen LogP contribution in [0.2, 0.25) is 0 Å². The Bertz CT molecular complexity index is 847. The minimum Gasteiger partial charge on any atom is -0.495 e. The number of para-hydroxylation sites is 2. The average Bonchev–Trinajstić information content (AvgIpc) is 2.43. The third kappa shape index (κ3) is 1.55. The lowest BCUT2D eigenvalue weighted by Gasteiger charge is -2.14. The van der Waals surface area contributed by atoms with E-state index in [0.717, 1.165) is 27.7 Å². The van der Waals surface area contributed by atoms with Crippen LogP contribution in [0.4, 0.5) is 0 Å². The Morgan fingerprint density at radius 2 is 1.63 bits per heavy atom. The number of hydrogen-bond acceptors (Lipinski definition) is 2. The van der Waals surface area contributed by atoms with Gasteiger partial charge in [0.05, 0.1) is 23.5 Å². The summed E-state index contributed by atoms with van der Waals surface area (Å²) in [6, 6.07) is 11.4. The van der Waals surface area contributed by atoms with Crippen LogP contribution in [0, 0.1) is 6.92 Å². The number of fused-ring (bicyclic) bond motifs is 2. The number of rotatable bonds is 1. The predicted molar refractivity (Wildman–Crippen MR) is 78.0 cm³/mol. The molecule has 0 atom stereocenters. The van der Waals surface area contributed by atoms with Gasteiger partial charge >= 0.3 is 0 Å². The molecule has 3 nitrogen and oxygen atoms in total. The molecule has 0 bridgehead atoms. The molecule has 0 saturated carbocycles. The Hall–Kier alpha value is -2.29. The minimum absolute atomic E-state index is 0.0608. The second-order valence-corrected chi connectivity index (χ2v) is 4.72. The van der Waals surface area contributed by atoms with Crippen molar-refractivity contribution in [1.29, 1.82) is 0 Å². The van der Waals surface area contributed by atoms with Crippen molar-refractivity contribution in [2.45, 2.75) is 6.92 Å². The second kappa shape index (κ2) is 4.12. The van der Waals surface area contributed by atoms with Crippen molar-refractivity contribution in [3.05, 3.63) is 52.2 Å². The number of ether oxygens (including phenoxy) is 1. The number of pyridine rings is 1. The maximum atomic E-state index is 12.6. The molecule has 3 rings (SSSR count). The van der Waals surface area contributed by atoms with Crippen molar-refractivity contribution < 1.29 is 4.74 Å². The van der Waals surface area contributed by atoms with Gasteiger partial charge < -0.3 is 9.30 Å². The molecule has 0 aliphatic rings. The number of hydrogen-bond donors (Lipinski definition) is 0. The zero-order chi connectivity index (χ0) is 13.6. The van der Waals surface area contributed by atoms with E-state index in [0.29, 0.717) is 5.39 Å². The quantitative estimate of drug-likeness (QED) is 0.624.